The molecule has 0 aromatic heterocycles. The summed E-state index contributed by atoms with van der Waals surface area (Å²) in [4.78, 5) is 12.9. The Balaban J connectivity index is 2.86. The van der Waals surface area contributed by atoms with E-state index in [2.05, 4.69) is 10.8 Å². The van der Waals surface area contributed by atoms with Gasteiger partial charge < -0.3 is 14.4 Å². The van der Waals surface area contributed by atoms with E-state index in [-0.39, 0.29) is 12.4 Å². The van der Waals surface area contributed by atoms with Crippen LogP contribution in [0.3, 0.4) is 0 Å². The quantitative estimate of drug-likeness (QED) is 0.740. The summed E-state index contributed by atoms with van der Waals surface area (Å²) < 4.78 is 9.71. The molecule has 0 heterocycles. The summed E-state index contributed by atoms with van der Waals surface area (Å²) in [6.45, 7) is 0.481. The van der Waals surface area contributed by atoms with E-state index in [4.69, 9.17) is 10.00 Å². The van der Waals surface area contributed by atoms with Crippen LogP contribution in [0.5, 0.6) is 5.75 Å². The van der Waals surface area contributed by atoms with Crippen LogP contribution in [0.2, 0.25) is 0 Å². The number of esters is 1. The number of anilines is 1. The van der Waals surface area contributed by atoms with Crippen molar-refractivity contribution in [2.45, 2.75) is 6.42 Å². The fraction of sp³-hybridized carbons (Fsp3) is 0.385. The highest BCUT2D eigenvalue weighted by Gasteiger charge is 2.10. The summed E-state index contributed by atoms with van der Waals surface area (Å²) in [7, 11) is 4.74. The smallest absolute Gasteiger partial charge is 0.307 e. The Labute approximate surface area is 107 Å². The minimum absolute atomic E-state index is 0.273. The summed E-state index contributed by atoms with van der Waals surface area (Å²) in [6.07, 6.45) is 0.273. The van der Waals surface area contributed by atoms with E-state index < -0.39 is 0 Å². The van der Waals surface area contributed by atoms with Crippen molar-refractivity contribution in [2.24, 2.45) is 0 Å². The first-order chi connectivity index (χ1) is 8.62. The maximum Gasteiger partial charge on any atom is 0.307 e. The van der Waals surface area contributed by atoms with Crippen molar-refractivity contribution in [2.75, 3.05) is 32.7 Å². The lowest BCUT2D eigenvalue weighted by Crippen LogP contribution is -2.22. The average Bonchev–Trinajstić information content (AvgIpc) is 2.43. The fourth-order valence-corrected chi connectivity index (χ4v) is 1.53. The number of nitriles is 1. The van der Waals surface area contributed by atoms with E-state index >= 15 is 0 Å². The topological polar surface area (TPSA) is 62.6 Å². The third kappa shape index (κ3) is 3.39. The predicted molar refractivity (Wildman–Crippen MR) is 67.6 cm³/mol. The van der Waals surface area contributed by atoms with Gasteiger partial charge in [0.15, 0.2) is 0 Å². The number of methoxy groups -OCH3 is 2. The molecule has 18 heavy (non-hydrogen) atoms. The minimum Gasteiger partial charge on any atom is -0.497 e. The van der Waals surface area contributed by atoms with E-state index in [1.54, 1.807) is 25.3 Å². The second kappa shape index (κ2) is 6.50. The van der Waals surface area contributed by atoms with Gasteiger partial charge in [-0.3, -0.25) is 4.79 Å². The zero-order chi connectivity index (χ0) is 13.5. The molecule has 0 atom stereocenters. The van der Waals surface area contributed by atoms with Gasteiger partial charge in [-0.1, -0.05) is 0 Å². The zero-order valence-corrected chi connectivity index (χ0v) is 10.8. The molecule has 0 unspecified atom stereocenters. The monoisotopic (exact) mass is 248 g/mol. The number of nitrogens with zero attached hydrogens (tertiary/aromatic N) is 2. The Bertz CT molecular complexity index is 466. The molecule has 0 aliphatic carbocycles. The largest absolute Gasteiger partial charge is 0.497 e. The minimum atomic E-state index is -0.275. The van der Waals surface area contributed by atoms with E-state index in [1.807, 2.05) is 11.9 Å². The van der Waals surface area contributed by atoms with Crippen molar-refractivity contribution in [3.05, 3.63) is 23.8 Å². The Morgan fingerprint density at radius 1 is 1.44 bits per heavy atom. The molecule has 0 spiro atoms. The van der Waals surface area contributed by atoms with Gasteiger partial charge in [0, 0.05) is 19.7 Å². The van der Waals surface area contributed by atoms with Crippen molar-refractivity contribution in [1.82, 2.24) is 0 Å². The maximum absolute atomic E-state index is 11.1. The number of carbonyl (C=O) groups is 1. The third-order valence-corrected chi connectivity index (χ3v) is 2.62. The van der Waals surface area contributed by atoms with Gasteiger partial charge in [0.05, 0.1) is 31.9 Å². The molecule has 5 heteroatoms. The summed E-state index contributed by atoms with van der Waals surface area (Å²) in [5.74, 6) is 0.400. The number of benzene rings is 1. The van der Waals surface area contributed by atoms with Crippen LogP contribution in [0.4, 0.5) is 5.69 Å². The van der Waals surface area contributed by atoms with Crippen molar-refractivity contribution in [1.29, 1.82) is 5.26 Å². The van der Waals surface area contributed by atoms with Crippen molar-refractivity contribution < 1.29 is 14.3 Å². The van der Waals surface area contributed by atoms with Crippen LogP contribution in [0.1, 0.15) is 12.0 Å². The second-order valence-corrected chi connectivity index (χ2v) is 3.74. The molecule has 0 amide bonds. The molecular formula is C13H16N2O3. The molecule has 96 valence electrons. The van der Waals surface area contributed by atoms with Crippen LogP contribution in [-0.4, -0.2) is 33.8 Å². The van der Waals surface area contributed by atoms with Gasteiger partial charge in [-0.15, -0.1) is 0 Å². The molecule has 5 nitrogen and oxygen atoms in total. The lowest BCUT2D eigenvalue weighted by atomic mass is 10.1. The SMILES string of the molecule is COC(=O)CCN(C)c1cc(OC)ccc1C#N. The molecule has 0 bridgehead atoms. The fourth-order valence-electron chi connectivity index (χ4n) is 1.53. The van der Waals surface area contributed by atoms with Crippen molar-refractivity contribution in [3.8, 4) is 11.8 Å². The molecule has 0 N–H and O–H groups in total. The predicted octanol–water partition coefficient (Wildman–Crippen LogP) is 1.57. The van der Waals surface area contributed by atoms with Gasteiger partial charge in [0.1, 0.15) is 11.8 Å². The van der Waals surface area contributed by atoms with Crippen molar-refractivity contribution >= 4 is 11.7 Å². The lowest BCUT2D eigenvalue weighted by Gasteiger charge is -2.20. The van der Waals surface area contributed by atoms with Gasteiger partial charge in [0.25, 0.3) is 0 Å². The number of ether oxygens (including phenoxy) is 2. The Morgan fingerprint density at radius 3 is 2.72 bits per heavy atom. The van der Waals surface area contributed by atoms with E-state index in [1.165, 1.54) is 7.11 Å². The number of hydrogen-bond acceptors (Lipinski definition) is 5. The summed E-state index contributed by atoms with van der Waals surface area (Å²) in [5, 5.41) is 9.05. The number of carbonyl (C=O) groups excluding carboxylic acids is 1. The maximum atomic E-state index is 11.1. The van der Waals surface area contributed by atoms with Crippen LogP contribution in [0.15, 0.2) is 18.2 Å². The van der Waals surface area contributed by atoms with E-state index in [0.717, 1.165) is 5.69 Å². The molecule has 0 fully saturated rings. The standard InChI is InChI=1S/C13H16N2O3/c1-15(7-6-13(16)18-3)12-8-11(17-2)5-4-10(12)9-14/h4-5,8H,6-7H2,1-3H3. The molecule has 1 aromatic rings. The zero-order valence-electron chi connectivity index (χ0n) is 10.8. The van der Waals surface area contributed by atoms with Crippen LogP contribution >= 0.6 is 0 Å². The lowest BCUT2D eigenvalue weighted by molar-refractivity contribution is -0.140. The summed E-state index contributed by atoms with van der Waals surface area (Å²) >= 11 is 0. The first-order valence-corrected chi connectivity index (χ1v) is 5.48. The molecule has 1 rings (SSSR count). The highest BCUT2D eigenvalue weighted by molar-refractivity contribution is 5.70. The highest BCUT2D eigenvalue weighted by atomic mass is 16.5. The van der Waals surface area contributed by atoms with Gasteiger partial charge >= 0.3 is 5.97 Å². The van der Waals surface area contributed by atoms with Gasteiger partial charge in [-0.05, 0) is 12.1 Å². The molecule has 0 saturated heterocycles. The van der Waals surface area contributed by atoms with Crippen LogP contribution in [0, 0.1) is 11.3 Å². The molecule has 0 saturated carbocycles. The molecule has 0 aliphatic rings. The van der Waals surface area contributed by atoms with Gasteiger partial charge in [-0.2, -0.15) is 5.26 Å². The Hall–Kier alpha value is -2.22. The van der Waals surface area contributed by atoms with Gasteiger partial charge in [-0.25, -0.2) is 0 Å². The molecule has 1 aromatic carbocycles. The third-order valence-electron chi connectivity index (χ3n) is 2.62. The molecule has 0 radical (unpaired) electrons. The highest BCUT2D eigenvalue weighted by Crippen LogP contribution is 2.24. The van der Waals surface area contributed by atoms with Crippen molar-refractivity contribution in [3.63, 3.8) is 0 Å². The van der Waals surface area contributed by atoms with Crippen LogP contribution in [-0.2, 0) is 9.53 Å². The number of hydrogen-bond donors (Lipinski definition) is 0. The molecular weight excluding hydrogens is 232 g/mol. The first-order valence-electron chi connectivity index (χ1n) is 5.48. The van der Waals surface area contributed by atoms with E-state index in [0.29, 0.717) is 17.9 Å². The van der Waals surface area contributed by atoms with E-state index in [9.17, 15) is 4.79 Å². The summed E-state index contributed by atoms with van der Waals surface area (Å²) in [6, 6.07) is 7.32. The number of rotatable bonds is 5. The Kier molecular flexibility index (Phi) is 5.00. The Morgan fingerprint density at radius 2 is 2.17 bits per heavy atom. The summed E-state index contributed by atoms with van der Waals surface area (Å²) in [5.41, 5.74) is 1.28. The van der Waals surface area contributed by atoms with Gasteiger partial charge in [0.2, 0.25) is 0 Å². The normalized spacial score (nSPS) is 9.44. The van der Waals surface area contributed by atoms with Crippen LogP contribution in [0.25, 0.3) is 0 Å². The molecule has 0 aliphatic heterocycles. The average molecular weight is 248 g/mol. The first kappa shape index (κ1) is 13.8. The second-order valence-electron chi connectivity index (χ2n) is 3.74. The van der Waals surface area contributed by atoms with Crippen LogP contribution < -0.4 is 9.64 Å².